The Labute approximate surface area is 139 Å². The van der Waals surface area contributed by atoms with Gasteiger partial charge in [0.2, 0.25) is 0 Å². The third-order valence-electron chi connectivity index (χ3n) is 3.17. The smallest absolute Gasteiger partial charge is 0.257 e. The van der Waals surface area contributed by atoms with Crippen molar-refractivity contribution in [1.29, 1.82) is 0 Å². The van der Waals surface area contributed by atoms with Crippen molar-refractivity contribution in [3.8, 4) is 11.5 Å². The number of carbonyl (C=O) groups is 1. The van der Waals surface area contributed by atoms with E-state index in [-0.39, 0.29) is 18.3 Å². The fourth-order valence-corrected chi connectivity index (χ4v) is 2.22. The first-order valence-electron chi connectivity index (χ1n) is 7.06. The van der Waals surface area contributed by atoms with Gasteiger partial charge in [-0.1, -0.05) is 29.8 Å². The standard InChI is InChI=1S/C17H17ClFNO3/c1-22-13-7-6-12(14(18)10-13)8-9-20-17(21)11-23-16-5-3-2-4-15(16)19/h2-7,10H,8-9,11H2,1H3,(H,20,21). The normalized spacial score (nSPS) is 10.2. The maximum absolute atomic E-state index is 13.3. The molecular formula is C17H17ClFNO3. The molecule has 0 spiro atoms. The zero-order valence-electron chi connectivity index (χ0n) is 12.6. The highest BCUT2D eigenvalue weighted by Gasteiger charge is 2.07. The van der Waals surface area contributed by atoms with Crippen molar-refractivity contribution in [2.24, 2.45) is 0 Å². The van der Waals surface area contributed by atoms with Crippen molar-refractivity contribution >= 4 is 17.5 Å². The molecule has 0 heterocycles. The average molecular weight is 338 g/mol. The highest BCUT2D eigenvalue weighted by molar-refractivity contribution is 6.31. The lowest BCUT2D eigenvalue weighted by molar-refractivity contribution is -0.123. The van der Waals surface area contributed by atoms with E-state index >= 15 is 0 Å². The fraction of sp³-hybridized carbons (Fsp3) is 0.235. The Hall–Kier alpha value is -2.27. The number of nitrogens with one attached hydrogen (secondary N) is 1. The number of methoxy groups -OCH3 is 1. The van der Waals surface area contributed by atoms with Crippen LogP contribution in [0.4, 0.5) is 4.39 Å². The summed E-state index contributed by atoms with van der Waals surface area (Å²) in [5, 5.41) is 3.28. The Bertz CT molecular complexity index is 679. The number of hydrogen-bond donors (Lipinski definition) is 1. The molecule has 0 atom stereocenters. The first-order chi connectivity index (χ1) is 11.1. The number of benzene rings is 2. The summed E-state index contributed by atoms with van der Waals surface area (Å²) in [5.41, 5.74) is 0.905. The van der Waals surface area contributed by atoms with Gasteiger partial charge >= 0.3 is 0 Å². The second-order valence-corrected chi connectivity index (χ2v) is 5.18. The summed E-state index contributed by atoms with van der Waals surface area (Å²) in [5.74, 6) is -0.0786. The van der Waals surface area contributed by atoms with Crippen LogP contribution in [0, 0.1) is 5.82 Å². The predicted molar refractivity (Wildman–Crippen MR) is 86.6 cm³/mol. The lowest BCUT2D eigenvalue weighted by atomic mass is 10.1. The molecule has 122 valence electrons. The van der Waals surface area contributed by atoms with Crippen molar-refractivity contribution in [3.63, 3.8) is 0 Å². The minimum absolute atomic E-state index is 0.0563. The quantitative estimate of drug-likeness (QED) is 0.844. The molecule has 0 radical (unpaired) electrons. The molecule has 0 aromatic heterocycles. The molecule has 0 aliphatic rings. The zero-order valence-corrected chi connectivity index (χ0v) is 13.4. The molecule has 0 aliphatic carbocycles. The molecule has 0 fully saturated rings. The summed E-state index contributed by atoms with van der Waals surface area (Å²) in [6.45, 7) is 0.169. The minimum Gasteiger partial charge on any atom is -0.497 e. The Morgan fingerprint density at radius 2 is 2.04 bits per heavy atom. The van der Waals surface area contributed by atoms with Crippen LogP contribution in [-0.4, -0.2) is 26.2 Å². The monoisotopic (exact) mass is 337 g/mol. The number of hydrogen-bond acceptors (Lipinski definition) is 3. The highest BCUT2D eigenvalue weighted by Crippen LogP contribution is 2.22. The van der Waals surface area contributed by atoms with Gasteiger partial charge in [0.25, 0.3) is 5.91 Å². The molecule has 1 N–H and O–H groups in total. The SMILES string of the molecule is COc1ccc(CCNC(=O)COc2ccccc2F)c(Cl)c1. The maximum atomic E-state index is 13.3. The van der Waals surface area contributed by atoms with Crippen LogP contribution in [-0.2, 0) is 11.2 Å². The molecular weight excluding hydrogens is 321 g/mol. The number of para-hydroxylation sites is 1. The van der Waals surface area contributed by atoms with Crippen molar-refractivity contribution < 1.29 is 18.7 Å². The van der Waals surface area contributed by atoms with Gasteiger partial charge in [0.15, 0.2) is 18.2 Å². The van der Waals surface area contributed by atoms with Gasteiger partial charge in [0.1, 0.15) is 5.75 Å². The van der Waals surface area contributed by atoms with E-state index in [1.807, 2.05) is 12.1 Å². The number of carbonyl (C=O) groups excluding carboxylic acids is 1. The van der Waals surface area contributed by atoms with Gasteiger partial charge in [-0.05, 0) is 36.2 Å². The van der Waals surface area contributed by atoms with E-state index in [1.54, 1.807) is 25.3 Å². The van der Waals surface area contributed by atoms with Crippen molar-refractivity contribution in [2.75, 3.05) is 20.3 Å². The summed E-state index contributed by atoms with van der Waals surface area (Å²) >= 11 is 6.12. The third-order valence-corrected chi connectivity index (χ3v) is 3.52. The van der Waals surface area contributed by atoms with Gasteiger partial charge in [0.05, 0.1) is 7.11 Å². The van der Waals surface area contributed by atoms with Crippen LogP contribution in [0.1, 0.15) is 5.56 Å². The van der Waals surface area contributed by atoms with Crippen molar-refractivity contribution in [3.05, 3.63) is 58.9 Å². The van der Waals surface area contributed by atoms with Gasteiger partial charge in [-0.3, -0.25) is 4.79 Å². The van der Waals surface area contributed by atoms with Crippen LogP contribution in [0.15, 0.2) is 42.5 Å². The Morgan fingerprint density at radius 1 is 1.26 bits per heavy atom. The van der Waals surface area contributed by atoms with Gasteiger partial charge in [-0.15, -0.1) is 0 Å². The third kappa shape index (κ3) is 5.14. The molecule has 0 aliphatic heterocycles. The number of halogens is 2. The second-order valence-electron chi connectivity index (χ2n) is 4.78. The fourth-order valence-electron chi connectivity index (χ4n) is 1.95. The van der Waals surface area contributed by atoms with Crippen LogP contribution in [0.5, 0.6) is 11.5 Å². The topological polar surface area (TPSA) is 47.6 Å². The lowest BCUT2D eigenvalue weighted by Gasteiger charge is -2.09. The van der Waals surface area contributed by atoms with E-state index in [9.17, 15) is 9.18 Å². The van der Waals surface area contributed by atoms with Gasteiger partial charge in [-0.25, -0.2) is 4.39 Å². The van der Waals surface area contributed by atoms with Crippen LogP contribution >= 0.6 is 11.6 Å². The summed E-state index contributed by atoms with van der Waals surface area (Å²) < 4.78 is 23.5. The highest BCUT2D eigenvalue weighted by atomic mass is 35.5. The summed E-state index contributed by atoms with van der Waals surface area (Å²) in [6, 6.07) is 11.3. The Kier molecular flexibility index (Phi) is 6.23. The van der Waals surface area contributed by atoms with Crippen molar-refractivity contribution in [2.45, 2.75) is 6.42 Å². The average Bonchev–Trinajstić information content (AvgIpc) is 2.55. The maximum Gasteiger partial charge on any atom is 0.257 e. The molecule has 0 bridgehead atoms. The van der Waals surface area contributed by atoms with Crippen LogP contribution in [0.2, 0.25) is 5.02 Å². The molecule has 2 aromatic carbocycles. The molecule has 23 heavy (non-hydrogen) atoms. The second kappa shape index (κ2) is 8.39. The van der Waals surface area contributed by atoms with Gasteiger partial charge < -0.3 is 14.8 Å². The van der Waals surface area contributed by atoms with E-state index in [0.29, 0.717) is 23.7 Å². The van der Waals surface area contributed by atoms with Gasteiger partial charge in [-0.2, -0.15) is 0 Å². The van der Waals surface area contributed by atoms with E-state index in [0.717, 1.165) is 5.56 Å². The molecule has 0 unspecified atom stereocenters. The molecule has 1 amide bonds. The Morgan fingerprint density at radius 3 is 2.74 bits per heavy atom. The molecule has 2 rings (SSSR count). The predicted octanol–water partition coefficient (Wildman–Crippen LogP) is 3.23. The summed E-state index contributed by atoms with van der Waals surface area (Å²) in [7, 11) is 1.57. The molecule has 2 aromatic rings. The van der Waals surface area contributed by atoms with Crippen LogP contribution < -0.4 is 14.8 Å². The van der Waals surface area contributed by atoms with E-state index in [1.165, 1.54) is 12.1 Å². The first kappa shape index (κ1) is 17.1. The summed E-state index contributed by atoms with van der Waals surface area (Å²) in [4.78, 5) is 11.7. The molecule has 4 nitrogen and oxygen atoms in total. The van der Waals surface area contributed by atoms with Crippen LogP contribution in [0.25, 0.3) is 0 Å². The van der Waals surface area contributed by atoms with Crippen LogP contribution in [0.3, 0.4) is 0 Å². The largest absolute Gasteiger partial charge is 0.497 e. The molecule has 0 saturated heterocycles. The number of rotatable bonds is 7. The van der Waals surface area contributed by atoms with E-state index < -0.39 is 5.82 Å². The van der Waals surface area contributed by atoms with Gasteiger partial charge in [0, 0.05) is 11.6 Å². The number of amides is 1. The van der Waals surface area contributed by atoms with Crippen molar-refractivity contribution in [1.82, 2.24) is 5.32 Å². The van der Waals surface area contributed by atoms with E-state index in [4.69, 9.17) is 21.1 Å². The zero-order chi connectivity index (χ0) is 16.7. The first-order valence-corrected chi connectivity index (χ1v) is 7.44. The molecule has 6 heteroatoms. The molecule has 0 saturated carbocycles. The van der Waals surface area contributed by atoms with E-state index in [2.05, 4.69) is 5.32 Å². The minimum atomic E-state index is -0.495. The lowest BCUT2D eigenvalue weighted by Crippen LogP contribution is -2.30. The summed E-state index contributed by atoms with van der Waals surface area (Å²) in [6.07, 6.45) is 0.578. The number of ether oxygens (including phenoxy) is 2. The Balaban J connectivity index is 1.76.